The van der Waals surface area contributed by atoms with Gasteiger partial charge in [-0.25, -0.2) is 9.78 Å². The van der Waals surface area contributed by atoms with Crippen LogP contribution in [0.3, 0.4) is 0 Å². The SMILES string of the molecule is CCCC(=O)N(Cc1cncn1Cc1ccc(C#N)cc1)c1ccc(-c2ccc(C(=O)OC)o2)cc1. The van der Waals surface area contributed by atoms with Crippen molar-refractivity contribution in [1.82, 2.24) is 9.55 Å². The van der Waals surface area contributed by atoms with Crippen LogP contribution in [0.1, 0.15) is 47.1 Å². The predicted molar refractivity (Wildman–Crippen MR) is 134 cm³/mol. The van der Waals surface area contributed by atoms with Crippen molar-refractivity contribution in [2.75, 3.05) is 12.0 Å². The summed E-state index contributed by atoms with van der Waals surface area (Å²) in [6.07, 6.45) is 4.67. The van der Waals surface area contributed by atoms with Crippen LogP contribution >= 0.6 is 0 Å². The molecule has 0 unspecified atom stereocenters. The van der Waals surface area contributed by atoms with E-state index in [0.717, 1.165) is 28.9 Å². The number of hydrogen-bond donors (Lipinski definition) is 0. The van der Waals surface area contributed by atoms with Gasteiger partial charge >= 0.3 is 5.97 Å². The molecule has 8 nitrogen and oxygen atoms in total. The summed E-state index contributed by atoms with van der Waals surface area (Å²) in [6, 6.07) is 20.3. The standard InChI is InChI=1S/C28H26N4O4/c1-3-4-27(33)32(18-24-16-30-19-31(24)17-21-7-5-20(15-29)6-8-21)23-11-9-22(10-12-23)25-13-14-26(36-25)28(34)35-2/h5-14,16,19H,3-4,17-18H2,1-2H3. The number of carbonyl (C=O) groups is 2. The van der Waals surface area contributed by atoms with Crippen molar-refractivity contribution in [2.45, 2.75) is 32.9 Å². The minimum absolute atomic E-state index is 0.0161. The number of nitriles is 1. The first-order valence-electron chi connectivity index (χ1n) is 11.6. The third-order valence-corrected chi connectivity index (χ3v) is 5.78. The Morgan fingerprint density at radius 2 is 1.83 bits per heavy atom. The third-order valence-electron chi connectivity index (χ3n) is 5.78. The van der Waals surface area contributed by atoms with Gasteiger partial charge in [0.2, 0.25) is 11.7 Å². The number of hydrogen-bond acceptors (Lipinski definition) is 6. The molecular formula is C28H26N4O4. The molecule has 4 rings (SSSR count). The van der Waals surface area contributed by atoms with E-state index in [-0.39, 0.29) is 11.7 Å². The highest BCUT2D eigenvalue weighted by atomic mass is 16.5. The van der Waals surface area contributed by atoms with E-state index < -0.39 is 5.97 Å². The van der Waals surface area contributed by atoms with Gasteiger partial charge in [-0.15, -0.1) is 0 Å². The maximum atomic E-state index is 13.1. The fraction of sp³-hybridized carbons (Fsp3) is 0.214. The third kappa shape index (κ3) is 5.53. The molecule has 0 atom stereocenters. The average molecular weight is 483 g/mol. The number of nitrogens with zero attached hydrogens (tertiary/aromatic N) is 4. The van der Waals surface area contributed by atoms with Gasteiger partial charge in [-0.2, -0.15) is 5.26 Å². The number of rotatable bonds is 9. The number of furan rings is 1. The molecule has 0 N–H and O–H groups in total. The molecule has 0 aliphatic heterocycles. The Hall–Kier alpha value is -4.64. The lowest BCUT2D eigenvalue weighted by atomic mass is 10.1. The number of amides is 1. The lowest BCUT2D eigenvalue weighted by molar-refractivity contribution is -0.118. The molecule has 0 aliphatic rings. The first-order valence-corrected chi connectivity index (χ1v) is 11.6. The maximum Gasteiger partial charge on any atom is 0.373 e. The van der Waals surface area contributed by atoms with Crippen LogP contribution in [0.5, 0.6) is 0 Å². The normalized spacial score (nSPS) is 10.6. The molecule has 1 amide bonds. The first kappa shape index (κ1) is 24.5. The summed E-state index contributed by atoms with van der Waals surface area (Å²) in [5.41, 5.74) is 4.07. The van der Waals surface area contributed by atoms with Crippen molar-refractivity contribution in [1.29, 1.82) is 5.26 Å². The molecule has 0 spiro atoms. The molecule has 0 bridgehead atoms. The minimum atomic E-state index is -0.535. The van der Waals surface area contributed by atoms with Crippen LogP contribution in [-0.2, 0) is 22.6 Å². The van der Waals surface area contributed by atoms with E-state index in [1.54, 1.807) is 41.7 Å². The van der Waals surface area contributed by atoms with E-state index in [2.05, 4.69) is 11.1 Å². The molecule has 2 aromatic carbocycles. The van der Waals surface area contributed by atoms with Crippen molar-refractivity contribution in [3.05, 3.63) is 95.8 Å². The molecule has 0 fully saturated rings. The molecule has 2 heterocycles. The zero-order valence-electron chi connectivity index (χ0n) is 20.2. The Morgan fingerprint density at radius 3 is 2.50 bits per heavy atom. The summed E-state index contributed by atoms with van der Waals surface area (Å²) in [7, 11) is 1.30. The van der Waals surface area contributed by atoms with Gasteiger partial charge in [-0.3, -0.25) is 4.79 Å². The Morgan fingerprint density at radius 1 is 1.08 bits per heavy atom. The molecule has 0 radical (unpaired) electrons. The highest BCUT2D eigenvalue weighted by Crippen LogP contribution is 2.27. The fourth-order valence-electron chi connectivity index (χ4n) is 3.85. The van der Waals surface area contributed by atoms with Crippen molar-refractivity contribution < 1.29 is 18.7 Å². The molecule has 36 heavy (non-hydrogen) atoms. The lowest BCUT2D eigenvalue weighted by Gasteiger charge is -2.24. The molecule has 2 aromatic heterocycles. The monoisotopic (exact) mass is 482 g/mol. The molecule has 0 saturated carbocycles. The van der Waals surface area contributed by atoms with E-state index in [1.165, 1.54) is 7.11 Å². The second kappa shape index (κ2) is 11.2. The Kier molecular flexibility index (Phi) is 7.61. The largest absolute Gasteiger partial charge is 0.463 e. The molecule has 0 aliphatic carbocycles. The predicted octanol–water partition coefficient (Wildman–Crippen LogP) is 5.18. The molecular weight excluding hydrogens is 456 g/mol. The summed E-state index contributed by atoms with van der Waals surface area (Å²) in [6.45, 7) is 2.92. The number of ether oxygens (including phenoxy) is 1. The Bertz CT molecular complexity index is 1380. The number of imidazole rings is 1. The summed E-state index contributed by atoms with van der Waals surface area (Å²) < 4.78 is 12.3. The van der Waals surface area contributed by atoms with Gasteiger partial charge in [0, 0.05) is 30.4 Å². The highest BCUT2D eigenvalue weighted by Gasteiger charge is 2.19. The second-order valence-electron chi connectivity index (χ2n) is 8.25. The maximum absolute atomic E-state index is 13.1. The van der Waals surface area contributed by atoms with Gasteiger partial charge in [0.25, 0.3) is 0 Å². The average Bonchev–Trinajstić information content (AvgIpc) is 3.57. The van der Waals surface area contributed by atoms with Crippen molar-refractivity contribution >= 4 is 17.6 Å². The molecule has 182 valence electrons. The van der Waals surface area contributed by atoms with Gasteiger partial charge in [0.15, 0.2) is 0 Å². The number of methoxy groups -OCH3 is 1. The smallest absolute Gasteiger partial charge is 0.373 e. The van der Waals surface area contributed by atoms with Gasteiger partial charge in [0.1, 0.15) is 5.76 Å². The van der Waals surface area contributed by atoms with Crippen LogP contribution in [0.4, 0.5) is 5.69 Å². The summed E-state index contributed by atoms with van der Waals surface area (Å²) in [4.78, 5) is 30.8. The number of benzene rings is 2. The van der Waals surface area contributed by atoms with E-state index >= 15 is 0 Å². The number of esters is 1. The van der Waals surface area contributed by atoms with Crippen LogP contribution in [0, 0.1) is 11.3 Å². The van der Waals surface area contributed by atoms with Crippen molar-refractivity contribution in [3.8, 4) is 17.4 Å². The zero-order valence-corrected chi connectivity index (χ0v) is 20.2. The summed E-state index contributed by atoms with van der Waals surface area (Å²) in [5, 5.41) is 9.02. The lowest BCUT2D eigenvalue weighted by Crippen LogP contribution is -2.31. The second-order valence-corrected chi connectivity index (χ2v) is 8.25. The van der Waals surface area contributed by atoms with Crippen LogP contribution in [0.15, 0.2) is 77.6 Å². The van der Waals surface area contributed by atoms with Crippen LogP contribution in [0.25, 0.3) is 11.3 Å². The minimum Gasteiger partial charge on any atom is -0.463 e. The highest BCUT2D eigenvalue weighted by molar-refractivity contribution is 5.93. The summed E-state index contributed by atoms with van der Waals surface area (Å²) in [5.74, 6) is 0.148. The van der Waals surface area contributed by atoms with E-state index in [9.17, 15) is 9.59 Å². The van der Waals surface area contributed by atoms with Crippen molar-refractivity contribution in [3.63, 3.8) is 0 Å². The van der Waals surface area contributed by atoms with Crippen LogP contribution in [-0.4, -0.2) is 28.5 Å². The Labute approximate surface area is 209 Å². The number of anilines is 1. The summed E-state index contributed by atoms with van der Waals surface area (Å²) >= 11 is 0. The quantitative estimate of drug-likeness (QED) is 0.305. The van der Waals surface area contributed by atoms with Gasteiger partial charge in [-0.1, -0.05) is 19.1 Å². The van der Waals surface area contributed by atoms with Gasteiger partial charge in [0.05, 0.1) is 37.3 Å². The molecule has 0 saturated heterocycles. The van der Waals surface area contributed by atoms with Crippen LogP contribution < -0.4 is 4.90 Å². The van der Waals surface area contributed by atoms with E-state index in [4.69, 9.17) is 14.4 Å². The number of aromatic nitrogens is 2. The molecule has 8 heteroatoms. The van der Waals surface area contributed by atoms with Crippen molar-refractivity contribution in [2.24, 2.45) is 0 Å². The molecule has 4 aromatic rings. The van der Waals surface area contributed by atoms with Gasteiger partial charge < -0.3 is 18.6 Å². The van der Waals surface area contributed by atoms with E-state index in [1.807, 2.05) is 47.9 Å². The topological polar surface area (TPSA) is 101 Å². The Balaban J connectivity index is 1.56. The van der Waals surface area contributed by atoms with Gasteiger partial charge in [-0.05, 0) is 60.5 Å². The van der Waals surface area contributed by atoms with E-state index in [0.29, 0.717) is 30.8 Å². The number of carbonyl (C=O) groups excluding carboxylic acids is 2. The fourth-order valence-corrected chi connectivity index (χ4v) is 3.85. The zero-order chi connectivity index (χ0) is 25.5. The first-order chi connectivity index (χ1) is 17.5. The van der Waals surface area contributed by atoms with Crippen LogP contribution in [0.2, 0.25) is 0 Å².